The highest BCUT2D eigenvalue weighted by Gasteiger charge is 2.29. The molecule has 6 nitrogen and oxygen atoms in total. The fourth-order valence-electron chi connectivity index (χ4n) is 3.92. The Bertz CT molecular complexity index is 1110. The van der Waals surface area contributed by atoms with Gasteiger partial charge in [0.15, 0.2) is 5.01 Å². The first-order chi connectivity index (χ1) is 16.7. The Kier molecular flexibility index (Phi) is 9.84. The normalized spacial score (nSPS) is 15.9. The first-order valence-electron chi connectivity index (χ1n) is 11.5. The third kappa shape index (κ3) is 8.13. The number of thiazole rings is 1. The molecule has 1 saturated carbocycles. The zero-order valence-electron chi connectivity index (χ0n) is 19.8. The summed E-state index contributed by atoms with van der Waals surface area (Å²) < 4.78 is 51.8. The molecule has 3 N–H and O–H groups in total. The van der Waals surface area contributed by atoms with Gasteiger partial charge in [-0.2, -0.15) is 13.2 Å². The van der Waals surface area contributed by atoms with Crippen molar-refractivity contribution in [2.45, 2.75) is 69.0 Å². The van der Waals surface area contributed by atoms with Gasteiger partial charge in [-0.05, 0) is 38.7 Å². The summed E-state index contributed by atoms with van der Waals surface area (Å²) in [7, 11) is -2.23. The average Bonchev–Trinajstić information content (AvgIpc) is 3.45. The van der Waals surface area contributed by atoms with Crippen molar-refractivity contribution in [2.75, 3.05) is 13.1 Å². The third-order valence-electron chi connectivity index (χ3n) is 5.73. The number of carbonyl (C=O) groups is 1. The predicted molar refractivity (Wildman–Crippen MR) is 137 cm³/mol. The molecule has 0 radical (unpaired) electrons. The Hall–Kier alpha value is -1.24. The van der Waals surface area contributed by atoms with E-state index >= 15 is 0 Å². The maximum absolute atomic E-state index is 12.7. The van der Waals surface area contributed by atoms with Crippen molar-refractivity contribution in [1.82, 2.24) is 15.0 Å². The maximum atomic E-state index is 12.7. The monoisotopic (exact) mass is 585 g/mol. The van der Waals surface area contributed by atoms with Crippen LogP contribution in [0, 0.1) is 5.92 Å². The Morgan fingerprint density at radius 1 is 1.19 bits per heavy atom. The number of alkyl halides is 3. The van der Waals surface area contributed by atoms with Gasteiger partial charge in [0, 0.05) is 12.1 Å². The number of nitrogens with one attached hydrogen (secondary N) is 2. The Morgan fingerprint density at radius 3 is 2.47 bits per heavy atom. The molecule has 2 aromatic rings. The zero-order valence-corrected chi connectivity index (χ0v) is 23.0. The summed E-state index contributed by atoms with van der Waals surface area (Å²) in [4.78, 5) is 17.8. The molecular weight excluding hydrogens is 558 g/mol. The molecule has 1 atom stereocenters. The fraction of sp³-hybridized carbons (Fsp3) is 0.565. The molecule has 1 aromatic heterocycles. The van der Waals surface area contributed by atoms with E-state index in [0.717, 1.165) is 30.6 Å². The molecule has 1 fully saturated rings. The number of aryl methyl sites for hydroxylation is 1. The van der Waals surface area contributed by atoms with E-state index in [-0.39, 0.29) is 26.5 Å². The minimum absolute atomic E-state index is 0.0190. The van der Waals surface area contributed by atoms with Gasteiger partial charge < -0.3 is 10.4 Å². The number of carbonyl (C=O) groups excluding carboxylic acids is 1. The minimum atomic E-state index is -4.54. The summed E-state index contributed by atoms with van der Waals surface area (Å²) in [6.45, 7) is 1.74. The molecule has 0 saturated heterocycles. The van der Waals surface area contributed by atoms with Crippen LogP contribution in [0.5, 0.6) is 0 Å². The molecule has 1 aliphatic carbocycles. The highest BCUT2D eigenvalue weighted by molar-refractivity contribution is 7.83. The lowest BCUT2D eigenvalue weighted by Crippen LogP contribution is -2.38. The standard InChI is InChI=1S/C23H28Cl2F3N3O3S2/c1-22(2,33)11-29-20(32)21-31-15(9-7-13-5-3-4-6-13)19(35-21)14-8-10-16(18(25)17(14)24)36(34)30-12-23(26,27)28/h8,10,13,30,33H,3-7,9,11-12H2,1-2H3,(H,29,32). The van der Waals surface area contributed by atoms with Crippen LogP contribution >= 0.6 is 34.5 Å². The molecule has 1 aromatic carbocycles. The van der Waals surface area contributed by atoms with Crippen molar-refractivity contribution in [1.29, 1.82) is 0 Å². The lowest BCUT2D eigenvalue weighted by atomic mass is 9.99. The number of amides is 1. The molecule has 0 spiro atoms. The van der Waals surface area contributed by atoms with E-state index < -0.39 is 35.2 Å². The molecule has 1 heterocycles. The van der Waals surface area contributed by atoms with Crippen LogP contribution in [-0.4, -0.2) is 45.1 Å². The predicted octanol–water partition coefficient (Wildman–Crippen LogP) is 5.91. The number of hydrogen-bond acceptors (Lipinski definition) is 5. The summed E-state index contributed by atoms with van der Waals surface area (Å²) >= 11 is 13.9. The largest absolute Gasteiger partial charge is 0.402 e. The molecule has 13 heteroatoms. The van der Waals surface area contributed by atoms with E-state index in [4.69, 9.17) is 23.2 Å². The molecule has 1 amide bonds. The van der Waals surface area contributed by atoms with Crippen molar-refractivity contribution in [3.8, 4) is 10.4 Å². The van der Waals surface area contributed by atoms with Gasteiger partial charge in [-0.15, -0.1) is 11.3 Å². The summed E-state index contributed by atoms with van der Waals surface area (Å²) in [5.74, 6) is 0.141. The van der Waals surface area contributed by atoms with E-state index in [9.17, 15) is 27.3 Å². The number of rotatable bonds is 10. The first-order valence-corrected chi connectivity index (χ1v) is 14.2. The van der Waals surface area contributed by atoms with Gasteiger partial charge in [-0.1, -0.05) is 55.0 Å². The smallest absolute Gasteiger partial charge is 0.389 e. The van der Waals surface area contributed by atoms with Crippen molar-refractivity contribution >= 4 is 51.4 Å². The summed E-state index contributed by atoms with van der Waals surface area (Å²) in [5, 5.41) is 12.7. The van der Waals surface area contributed by atoms with Crippen LogP contribution in [-0.2, 0) is 17.4 Å². The molecular formula is C23H28Cl2F3N3O3S2. The van der Waals surface area contributed by atoms with Crippen LogP contribution in [0.25, 0.3) is 10.4 Å². The second-order valence-electron chi connectivity index (χ2n) is 9.42. The van der Waals surface area contributed by atoms with Gasteiger partial charge in [-0.3, -0.25) is 4.79 Å². The number of aromatic nitrogens is 1. The molecule has 0 bridgehead atoms. The van der Waals surface area contributed by atoms with E-state index in [2.05, 4.69) is 10.3 Å². The average molecular weight is 587 g/mol. The van der Waals surface area contributed by atoms with Crippen molar-refractivity contribution < 1.29 is 27.3 Å². The maximum Gasteiger partial charge on any atom is 0.402 e. The van der Waals surface area contributed by atoms with Crippen LogP contribution in [0.4, 0.5) is 13.2 Å². The third-order valence-corrected chi connectivity index (χ3v) is 9.00. The topological polar surface area (TPSA) is 91.3 Å². The number of aliphatic hydroxyl groups is 1. The van der Waals surface area contributed by atoms with E-state index in [1.807, 2.05) is 4.72 Å². The molecule has 36 heavy (non-hydrogen) atoms. The van der Waals surface area contributed by atoms with Gasteiger partial charge in [0.1, 0.15) is 17.5 Å². The van der Waals surface area contributed by atoms with Gasteiger partial charge in [0.25, 0.3) is 5.91 Å². The van der Waals surface area contributed by atoms with Crippen LogP contribution in [0.2, 0.25) is 10.0 Å². The van der Waals surface area contributed by atoms with Gasteiger partial charge >= 0.3 is 6.18 Å². The fourth-order valence-corrected chi connectivity index (χ4v) is 6.63. The van der Waals surface area contributed by atoms with E-state index in [1.165, 1.54) is 25.0 Å². The summed E-state index contributed by atoms with van der Waals surface area (Å²) in [6, 6.07) is 2.89. The van der Waals surface area contributed by atoms with Crippen LogP contribution in [0.3, 0.4) is 0 Å². The molecule has 200 valence electrons. The van der Waals surface area contributed by atoms with Gasteiger partial charge in [0.2, 0.25) is 0 Å². The molecule has 0 aliphatic heterocycles. The van der Waals surface area contributed by atoms with Crippen molar-refractivity contribution in [3.05, 3.63) is 32.9 Å². The Balaban J connectivity index is 1.91. The molecule has 1 unspecified atom stereocenters. The van der Waals surface area contributed by atoms with Crippen molar-refractivity contribution in [2.24, 2.45) is 5.92 Å². The first kappa shape index (κ1) is 29.3. The van der Waals surface area contributed by atoms with Crippen LogP contribution in [0.15, 0.2) is 17.0 Å². The minimum Gasteiger partial charge on any atom is -0.389 e. The number of hydrogen-bond donors (Lipinski definition) is 3. The second kappa shape index (κ2) is 12.1. The quantitative estimate of drug-likeness (QED) is 0.323. The summed E-state index contributed by atoms with van der Waals surface area (Å²) in [5.41, 5.74) is 0.0322. The Morgan fingerprint density at radius 2 is 1.86 bits per heavy atom. The lowest BCUT2D eigenvalue weighted by molar-refractivity contribution is -0.121. The van der Waals surface area contributed by atoms with E-state index in [1.54, 1.807) is 13.8 Å². The lowest BCUT2D eigenvalue weighted by Gasteiger charge is -2.16. The zero-order chi connectivity index (χ0) is 26.7. The summed E-state index contributed by atoms with van der Waals surface area (Å²) in [6.07, 6.45) is 1.67. The highest BCUT2D eigenvalue weighted by Crippen LogP contribution is 2.42. The second-order valence-corrected chi connectivity index (χ2v) is 12.4. The molecule has 1 aliphatic rings. The Labute approximate surface area is 224 Å². The number of benzene rings is 1. The van der Waals surface area contributed by atoms with E-state index in [0.29, 0.717) is 28.5 Å². The van der Waals surface area contributed by atoms with Gasteiger partial charge in [-0.25, -0.2) is 13.9 Å². The van der Waals surface area contributed by atoms with Crippen LogP contribution < -0.4 is 10.0 Å². The number of halogens is 5. The number of nitrogens with zero attached hydrogens (tertiary/aromatic N) is 1. The van der Waals surface area contributed by atoms with Crippen molar-refractivity contribution in [3.63, 3.8) is 0 Å². The van der Waals surface area contributed by atoms with Crippen LogP contribution in [0.1, 0.15) is 61.4 Å². The highest BCUT2D eigenvalue weighted by atomic mass is 35.5. The molecule has 3 rings (SSSR count). The SMILES string of the molecule is CC(C)(O)CNC(=O)c1nc(CCC2CCCC2)c(-c2ccc(S(=O)NCC(F)(F)F)c(Cl)c2Cl)s1. The van der Waals surface area contributed by atoms with Gasteiger partial charge in [0.05, 0.1) is 31.1 Å².